The fourth-order valence-electron chi connectivity index (χ4n) is 3.85. The highest BCUT2D eigenvalue weighted by Crippen LogP contribution is 2.33. The number of amides is 1. The van der Waals surface area contributed by atoms with Gasteiger partial charge in [-0.15, -0.1) is 0 Å². The summed E-state index contributed by atoms with van der Waals surface area (Å²) in [5.74, 6) is 0.659. The number of benzene rings is 1. The molecule has 0 bridgehead atoms. The summed E-state index contributed by atoms with van der Waals surface area (Å²) >= 11 is 0. The van der Waals surface area contributed by atoms with Crippen LogP contribution in [0.2, 0.25) is 0 Å². The van der Waals surface area contributed by atoms with E-state index in [9.17, 15) is 4.79 Å². The zero-order valence-electron chi connectivity index (χ0n) is 16.9. The standard InChI is InChI=1S/C23H26N4O2/c1-3-5-15(2)29-18-10-8-17(9-11-18)27-23(28)19-13-25-20-7-4-6-16-12-24-14-26-22(16)21(19)20/h8-15,25H,3-7H2,1-2H3,(H,27,28). The lowest BCUT2D eigenvalue weighted by Crippen LogP contribution is -2.13. The Kier molecular flexibility index (Phi) is 5.60. The number of hydrogen-bond donors (Lipinski definition) is 2. The summed E-state index contributed by atoms with van der Waals surface area (Å²) in [6, 6.07) is 7.52. The fraction of sp³-hybridized carbons (Fsp3) is 0.348. The zero-order valence-corrected chi connectivity index (χ0v) is 16.9. The Morgan fingerprint density at radius 2 is 2.10 bits per heavy atom. The number of hydrogen-bond acceptors (Lipinski definition) is 4. The maximum atomic E-state index is 13.0. The van der Waals surface area contributed by atoms with Gasteiger partial charge in [0.15, 0.2) is 0 Å². The number of rotatable bonds is 6. The molecule has 4 rings (SSSR count). The molecule has 3 aromatic rings. The number of fused-ring (bicyclic) bond motifs is 3. The minimum atomic E-state index is -0.151. The van der Waals surface area contributed by atoms with E-state index in [1.165, 1.54) is 0 Å². The quantitative estimate of drug-likeness (QED) is 0.635. The first-order chi connectivity index (χ1) is 14.2. The van der Waals surface area contributed by atoms with Crippen molar-refractivity contribution in [1.29, 1.82) is 0 Å². The second-order valence-corrected chi connectivity index (χ2v) is 7.50. The van der Waals surface area contributed by atoms with Crippen molar-refractivity contribution in [3.63, 3.8) is 0 Å². The maximum Gasteiger partial charge on any atom is 0.257 e. The molecule has 6 heteroatoms. The van der Waals surface area contributed by atoms with Crippen LogP contribution in [-0.2, 0) is 12.8 Å². The van der Waals surface area contributed by atoms with Crippen LogP contribution in [0.3, 0.4) is 0 Å². The molecule has 1 aliphatic rings. The van der Waals surface area contributed by atoms with Crippen LogP contribution in [0.4, 0.5) is 5.69 Å². The number of ether oxygens (including phenoxy) is 1. The first-order valence-electron chi connectivity index (χ1n) is 10.2. The number of carbonyl (C=O) groups excluding carboxylic acids is 1. The van der Waals surface area contributed by atoms with Crippen molar-refractivity contribution in [2.45, 2.75) is 52.1 Å². The number of carbonyl (C=O) groups is 1. The van der Waals surface area contributed by atoms with Crippen molar-refractivity contribution in [2.75, 3.05) is 5.32 Å². The van der Waals surface area contributed by atoms with Crippen molar-refractivity contribution in [1.82, 2.24) is 15.0 Å². The molecule has 2 N–H and O–H groups in total. The summed E-state index contributed by atoms with van der Waals surface area (Å²) < 4.78 is 5.88. The molecule has 29 heavy (non-hydrogen) atoms. The molecular weight excluding hydrogens is 364 g/mol. The third-order valence-corrected chi connectivity index (χ3v) is 5.25. The van der Waals surface area contributed by atoms with Gasteiger partial charge in [-0.05, 0) is 62.4 Å². The Morgan fingerprint density at radius 1 is 1.28 bits per heavy atom. The number of aromatic amines is 1. The average molecular weight is 390 g/mol. The molecule has 0 aliphatic heterocycles. The Balaban J connectivity index is 1.53. The van der Waals surface area contributed by atoms with Gasteiger partial charge in [-0.25, -0.2) is 9.97 Å². The third kappa shape index (κ3) is 4.16. The molecular formula is C23H26N4O2. The number of aryl methyl sites for hydroxylation is 2. The summed E-state index contributed by atoms with van der Waals surface area (Å²) in [6.07, 6.45) is 10.3. The second-order valence-electron chi connectivity index (χ2n) is 7.50. The van der Waals surface area contributed by atoms with Crippen LogP contribution in [0, 0.1) is 0 Å². The summed E-state index contributed by atoms with van der Waals surface area (Å²) in [6.45, 7) is 4.21. The molecule has 0 spiro atoms. The van der Waals surface area contributed by atoms with Crippen molar-refractivity contribution < 1.29 is 9.53 Å². The Labute approximate surface area is 170 Å². The van der Waals surface area contributed by atoms with Gasteiger partial charge in [-0.1, -0.05) is 13.3 Å². The maximum absolute atomic E-state index is 13.0. The number of nitrogens with one attached hydrogen (secondary N) is 2. The van der Waals surface area contributed by atoms with Crippen LogP contribution in [0.15, 0.2) is 43.0 Å². The number of nitrogens with zero attached hydrogens (tertiary/aromatic N) is 2. The zero-order chi connectivity index (χ0) is 20.2. The topological polar surface area (TPSA) is 79.9 Å². The molecule has 0 saturated heterocycles. The van der Waals surface area contributed by atoms with Gasteiger partial charge in [0, 0.05) is 29.3 Å². The van der Waals surface area contributed by atoms with E-state index in [4.69, 9.17) is 4.74 Å². The number of H-pyrrole nitrogens is 1. The predicted molar refractivity (Wildman–Crippen MR) is 113 cm³/mol. The van der Waals surface area contributed by atoms with Crippen LogP contribution in [-0.4, -0.2) is 27.0 Å². The molecule has 1 atom stereocenters. The fourth-order valence-corrected chi connectivity index (χ4v) is 3.85. The van der Waals surface area contributed by atoms with Crippen LogP contribution >= 0.6 is 0 Å². The summed E-state index contributed by atoms with van der Waals surface area (Å²) in [7, 11) is 0. The molecule has 1 unspecified atom stereocenters. The van der Waals surface area contributed by atoms with Gasteiger partial charge >= 0.3 is 0 Å². The summed E-state index contributed by atoms with van der Waals surface area (Å²) in [4.78, 5) is 24.9. The SMILES string of the molecule is CCCC(C)Oc1ccc(NC(=O)c2c[nH]c3c2-c2ncncc2CCC3)cc1. The number of anilines is 1. The minimum Gasteiger partial charge on any atom is -0.491 e. The smallest absolute Gasteiger partial charge is 0.257 e. The lowest BCUT2D eigenvalue weighted by molar-refractivity contribution is 0.102. The first-order valence-corrected chi connectivity index (χ1v) is 10.2. The predicted octanol–water partition coefficient (Wildman–Crippen LogP) is 4.78. The summed E-state index contributed by atoms with van der Waals surface area (Å²) in [5.41, 5.74) is 5.23. The monoisotopic (exact) mass is 390 g/mol. The normalized spacial score (nSPS) is 13.7. The molecule has 1 amide bonds. The van der Waals surface area contributed by atoms with E-state index >= 15 is 0 Å². The Morgan fingerprint density at radius 3 is 2.90 bits per heavy atom. The molecule has 0 fully saturated rings. The molecule has 1 aliphatic carbocycles. The highest BCUT2D eigenvalue weighted by atomic mass is 16.5. The van der Waals surface area contributed by atoms with E-state index < -0.39 is 0 Å². The second kappa shape index (κ2) is 8.47. The van der Waals surface area contributed by atoms with E-state index in [2.05, 4.69) is 34.1 Å². The van der Waals surface area contributed by atoms with Gasteiger partial charge in [0.1, 0.15) is 12.1 Å². The van der Waals surface area contributed by atoms with E-state index in [-0.39, 0.29) is 12.0 Å². The van der Waals surface area contributed by atoms with Crippen LogP contribution in [0.1, 0.15) is 54.7 Å². The van der Waals surface area contributed by atoms with Gasteiger partial charge in [-0.2, -0.15) is 0 Å². The average Bonchev–Trinajstić information content (AvgIpc) is 3.05. The molecule has 2 heterocycles. The van der Waals surface area contributed by atoms with Gasteiger partial charge in [0.05, 0.1) is 17.4 Å². The van der Waals surface area contributed by atoms with E-state index in [1.807, 2.05) is 30.5 Å². The van der Waals surface area contributed by atoms with E-state index in [1.54, 1.807) is 12.5 Å². The van der Waals surface area contributed by atoms with Crippen LogP contribution < -0.4 is 10.1 Å². The van der Waals surface area contributed by atoms with E-state index in [0.717, 1.165) is 66.1 Å². The molecule has 1 aromatic carbocycles. The van der Waals surface area contributed by atoms with E-state index in [0.29, 0.717) is 5.56 Å². The van der Waals surface area contributed by atoms with Crippen molar-refractivity contribution in [3.05, 3.63) is 59.8 Å². The van der Waals surface area contributed by atoms with Crippen molar-refractivity contribution in [2.24, 2.45) is 0 Å². The highest BCUT2D eigenvalue weighted by Gasteiger charge is 2.24. The molecule has 150 valence electrons. The van der Waals surface area contributed by atoms with Gasteiger partial charge in [0.25, 0.3) is 5.91 Å². The lowest BCUT2D eigenvalue weighted by atomic mass is 10.0. The third-order valence-electron chi connectivity index (χ3n) is 5.25. The minimum absolute atomic E-state index is 0.151. The van der Waals surface area contributed by atoms with Crippen molar-refractivity contribution >= 4 is 11.6 Å². The van der Waals surface area contributed by atoms with Gasteiger partial charge in [-0.3, -0.25) is 4.79 Å². The largest absolute Gasteiger partial charge is 0.491 e. The molecule has 0 radical (unpaired) electrons. The molecule has 2 aromatic heterocycles. The molecule has 0 saturated carbocycles. The van der Waals surface area contributed by atoms with Crippen LogP contribution in [0.5, 0.6) is 5.75 Å². The van der Waals surface area contributed by atoms with Gasteiger partial charge in [0.2, 0.25) is 0 Å². The van der Waals surface area contributed by atoms with Crippen LogP contribution in [0.25, 0.3) is 11.3 Å². The Bertz CT molecular complexity index is 994. The molecule has 6 nitrogen and oxygen atoms in total. The number of aromatic nitrogens is 3. The van der Waals surface area contributed by atoms with Gasteiger partial charge < -0.3 is 15.0 Å². The van der Waals surface area contributed by atoms with Crippen molar-refractivity contribution in [3.8, 4) is 17.0 Å². The first kappa shape index (κ1) is 19.2. The highest BCUT2D eigenvalue weighted by molar-refractivity contribution is 6.09. The lowest BCUT2D eigenvalue weighted by Gasteiger charge is -2.14. The Hall–Kier alpha value is -3.15. The summed E-state index contributed by atoms with van der Waals surface area (Å²) in [5, 5.41) is 2.99.